The molecular weight excluding hydrogens is 210 g/mol. The van der Waals surface area contributed by atoms with E-state index in [-0.39, 0.29) is 5.78 Å². The number of hydrogen-bond donors (Lipinski definition) is 0. The van der Waals surface area contributed by atoms with Gasteiger partial charge < -0.3 is 0 Å². The van der Waals surface area contributed by atoms with Crippen LogP contribution >= 0.6 is 0 Å². The van der Waals surface area contributed by atoms with Crippen LogP contribution in [-0.2, 0) is 0 Å². The maximum Gasteiger partial charge on any atom is 0.176 e. The second kappa shape index (κ2) is 5.01. The van der Waals surface area contributed by atoms with E-state index in [2.05, 4.69) is 11.8 Å². The largest absolute Gasteiger partial charge is 0.299 e. The Kier molecular flexibility index (Phi) is 3.63. The zero-order valence-electron chi connectivity index (χ0n) is 10.9. The first-order valence-corrected chi connectivity index (χ1v) is 6.34. The lowest BCUT2D eigenvalue weighted by Crippen LogP contribution is -2.28. The van der Waals surface area contributed by atoms with Crippen LogP contribution in [0.25, 0.3) is 0 Å². The Morgan fingerprint density at radius 1 is 1.35 bits per heavy atom. The number of aryl methyl sites for hydroxylation is 1. The average molecular weight is 231 g/mol. The van der Waals surface area contributed by atoms with Crippen molar-refractivity contribution < 1.29 is 4.79 Å². The molecule has 1 aliphatic rings. The van der Waals surface area contributed by atoms with Gasteiger partial charge in [-0.1, -0.05) is 36.8 Å². The van der Waals surface area contributed by atoms with Gasteiger partial charge in [0.05, 0.1) is 6.54 Å². The quantitative estimate of drug-likeness (QED) is 0.726. The Hall–Kier alpha value is -1.15. The maximum absolute atomic E-state index is 12.0. The van der Waals surface area contributed by atoms with Gasteiger partial charge in [0.1, 0.15) is 0 Å². The summed E-state index contributed by atoms with van der Waals surface area (Å²) < 4.78 is 0. The second-order valence-corrected chi connectivity index (χ2v) is 5.46. The number of benzene rings is 1. The van der Waals surface area contributed by atoms with Gasteiger partial charge in [0.2, 0.25) is 0 Å². The van der Waals surface area contributed by atoms with Crippen LogP contribution in [0.5, 0.6) is 0 Å². The third kappa shape index (κ3) is 3.40. The fourth-order valence-corrected chi connectivity index (χ4v) is 2.19. The molecule has 0 N–H and O–H groups in total. The van der Waals surface area contributed by atoms with Gasteiger partial charge in [-0.3, -0.25) is 9.69 Å². The van der Waals surface area contributed by atoms with E-state index in [0.29, 0.717) is 6.54 Å². The molecule has 1 fully saturated rings. The summed E-state index contributed by atoms with van der Waals surface area (Å²) in [5.41, 5.74) is 2.02. The molecule has 0 saturated heterocycles. The number of likely N-dealkylation sites (N-methyl/N-ethyl adjacent to an activating group) is 1. The van der Waals surface area contributed by atoms with Gasteiger partial charge in [0.25, 0.3) is 0 Å². The summed E-state index contributed by atoms with van der Waals surface area (Å²) in [6.07, 6.45) is 1.32. The molecular formula is C15H21NO. The lowest BCUT2D eigenvalue weighted by molar-refractivity contribution is 0.0943. The Bertz CT molecular complexity index is 396. The number of hydrogen-bond acceptors (Lipinski definition) is 2. The zero-order chi connectivity index (χ0) is 12.4. The van der Waals surface area contributed by atoms with Gasteiger partial charge in [0.15, 0.2) is 5.78 Å². The van der Waals surface area contributed by atoms with Crippen LogP contribution in [0.15, 0.2) is 24.3 Å². The molecule has 0 heterocycles. The summed E-state index contributed by atoms with van der Waals surface area (Å²) in [7, 11) is 2.04. The summed E-state index contributed by atoms with van der Waals surface area (Å²) in [5.74, 6) is 1.89. The van der Waals surface area contributed by atoms with Crippen LogP contribution < -0.4 is 0 Å². The van der Waals surface area contributed by atoms with E-state index in [4.69, 9.17) is 0 Å². The highest BCUT2D eigenvalue weighted by atomic mass is 16.1. The van der Waals surface area contributed by atoms with Crippen molar-refractivity contribution in [3.63, 3.8) is 0 Å². The minimum atomic E-state index is 0.223. The van der Waals surface area contributed by atoms with E-state index in [9.17, 15) is 4.79 Å². The van der Waals surface area contributed by atoms with Gasteiger partial charge >= 0.3 is 0 Å². The highest BCUT2D eigenvalue weighted by molar-refractivity contribution is 5.97. The van der Waals surface area contributed by atoms with E-state index >= 15 is 0 Å². The molecule has 2 heteroatoms. The van der Waals surface area contributed by atoms with Crippen LogP contribution in [0.2, 0.25) is 0 Å². The van der Waals surface area contributed by atoms with E-state index in [0.717, 1.165) is 23.9 Å². The molecule has 0 aliphatic heterocycles. The molecule has 0 spiro atoms. The third-order valence-corrected chi connectivity index (χ3v) is 3.61. The van der Waals surface area contributed by atoms with Gasteiger partial charge in [-0.05, 0) is 32.2 Å². The summed E-state index contributed by atoms with van der Waals surface area (Å²) >= 11 is 0. The molecule has 1 aromatic rings. The normalized spacial score (nSPS) is 22.8. The summed E-state index contributed by atoms with van der Waals surface area (Å²) in [4.78, 5) is 14.2. The summed E-state index contributed by atoms with van der Waals surface area (Å²) in [5, 5.41) is 0. The molecule has 1 aliphatic carbocycles. The molecule has 0 bridgehead atoms. The highest BCUT2D eigenvalue weighted by Crippen LogP contribution is 2.37. The minimum Gasteiger partial charge on any atom is -0.299 e. The van der Waals surface area contributed by atoms with Crippen molar-refractivity contribution >= 4 is 5.78 Å². The number of Topliss-reactive ketones (excluding diaryl/α,β-unsaturated/α-hetero) is 1. The topological polar surface area (TPSA) is 20.3 Å². The molecule has 2 nitrogen and oxygen atoms in total. The Morgan fingerprint density at radius 3 is 2.47 bits per heavy atom. The number of ketones is 1. The number of carbonyl (C=O) groups excluding carboxylic acids is 1. The molecule has 1 aromatic carbocycles. The van der Waals surface area contributed by atoms with Crippen molar-refractivity contribution in [2.24, 2.45) is 11.8 Å². The Labute approximate surface area is 104 Å². The van der Waals surface area contributed by atoms with Crippen molar-refractivity contribution in [1.29, 1.82) is 0 Å². The predicted molar refractivity (Wildman–Crippen MR) is 70.3 cm³/mol. The van der Waals surface area contributed by atoms with Gasteiger partial charge in [-0.25, -0.2) is 0 Å². The van der Waals surface area contributed by atoms with Crippen LogP contribution in [0.4, 0.5) is 0 Å². The van der Waals surface area contributed by atoms with Crippen LogP contribution in [0, 0.1) is 18.8 Å². The van der Waals surface area contributed by atoms with E-state index in [1.54, 1.807) is 0 Å². The van der Waals surface area contributed by atoms with Crippen molar-refractivity contribution in [2.45, 2.75) is 20.3 Å². The Morgan fingerprint density at radius 2 is 1.94 bits per heavy atom. The fraction of sp³-hybridized carbons (Fsp3) is 0.533. The number of rotatable bonds is 5. The monoisotopic (exact) mass is 231 g/mol. The highest BCUT2D eigenvalue weighted by Gasteiger charge is 2.33. The fourth-order valence-electron chi connectivity index (χ4n) is 2.19. The van der Waals surface area contributed by atoms with Crippen molar-refractivity contribution in [3.05, 3.63) is 35.4 Å². The standard InChI is InChI=1S/C15H21NO/c1-11-4-6-13(7-5-11)15(17)10-16(3)9-14-8-12(14)2/h4-7,12,14H,8-10H2,1-3H3. The zero-order valence-corrected chi connectivity index (χ0v) is 10.9. The molecule has 0 aromatic heterocycles. The summed E-state index contributed by atoms with van der Waals surface area (Å²) in [6, 6.07) is 7.84. The third-order valence-electron chi connectivity index (χ3n) is 3.61. The SMILES string of the molecule is Cc1ccc(C(=O)CN(C)CC2CC2C)cc1. The van der Waals surface area contributed by atoms with Crippen molar-refractivity contribution in [3.8, 4) is 0 Å². The first-order valence-electron chi connectivity index (χ1n) is 6.34. The number of carbonyl (C=O) groups is 1. The van der Waals surface area contributed by atoms with Gasteiger partial charge in [-0.15, -0.1) is 0 Å². The maximum atomic E-state index is 12.0. The predicted octanol–water partition coefficient (Wildman–Crippen LogP) is 2.77. The van der Waals surface area contributed by atoms with Crippen LogP contribution in [0.1, 0.15) is 29.3 Å². The summed E-state index contributed by atoms with van der Waals surface area (Å²) in [6.45, 7) is 5.90. The minimum absolute atomic E-state index is 0.223. The first-order chi connectivity index (χ1) is 8.06. The average Bonchev–Trinajstić information content (AvgIpc) is 2.94. The van der Waals surface area contributed by atoms with Crippen LogP contribution in [0.3, 0.4) is 0 Å². The van der Waals surface area contributed by atoms with E-state index in [1.165, 1.54) is 12.0 Å². The first kappa shape index (κ1) is 12.3. The van der Waals surface area contributed by atoms with Gasteiger partial charge in [0, 0.05) is 12.1 Å². The molecule has 2 rings (SSSR count). The molecule has 2 atom stereocenters. The van der Waals surface area contributed by atoms with Crippen molar-refractivity contribution in [1.82, 2.24) is 4.90 Å². The second-order valence-electron chi connectivity index (χ2n) is 5.46. The van der Waals surface area contributed by atoms with Crippen LogP contribution in [-0.4, -0.2) is 30.8 Å². The molecule has 2 unspecified atom stereocenters. The van der Waals surface area contributed by atoms with Gasteiger partial charge in [-0.2, -0.15) is 0 Å². The lowest BCUT2D eigenvalue weighted by atomic mass is 10.1. The van der Waals surface area contributed by atoms with E-state index < -0.39 is 0 Å². The van der Waals surface area contributed by atoms with E-state index in [1.807, 2.05) is 38.2 Å². The Balaban J connectivity index is 1.85. The molecule has 1 saturated carbocycles. The molecule has 17 heavy (non-hydrogen) atoms. The molecule has 92 valence electrons. The van der Waals surface area contributed by atoms with Crippen molar-refractivity contribution in [2.75, 3.05) is 20.1 Å². The molecule has 0 amide bonds. The smallest absolute Gasteiger partial charge is 0.176 e. The number of nitrogens with zero attached hydrogens (tertiary/aromatic N) is 1. The molecule has 0 radical (unpaired) electrons. The lowest BCUT2D eigenvalue weighted by Gasteiger charge is -2.15.